The Hall–Kier alpha value is -2.28. The predicted octanol–water partition coefficient (Wildman–Crippen LogP) is 16.1. The average Bonchev–Trinajstić information content (AvgIpc) is 3.44. The highest BCUT2D eigenvalue weighted by molar-refractivity contribution is 5.70. The van der Waals surface area contributed by atoms with Crippen molar-refractivity contribution in [1.29, 1.82) is 0 Å². The third kappa shape index (κ3) is 54.3. The molecule has 0 heterocycles. The van der Waals surface area contributed by atoms with Crippen molar-refractivity contribution in [3.63, 3.8) is 0 Å². The second kappa shape index (κ2) is 60.8. The summed E-state index contributed by atoms with van der Waals surface area (Å²) < 4.78 is 21.9. The van der Waals surface area contributed by atoms with E-state index < -0.39 is 0 Å². The maximum absolute atomic E-state index is 12.9. The van der Waals surface area contributed by atoms with Gasteiger partial charge in [-0.3, -0.25) is 19.2 Å². The molecule has 0 aliphatic rings. The maximum Gasteiger partial charge on any atom is 0.307 e. The van der Waals surface area contributed by atoms with Crippen LogP contribution in [-0.2, 0) is 38.1 Å². The van der Waals surface area contributed by atoms with E-state index in [1.54, 1.807) is 0 Å². The molecule has 0 unspecified atom stereocenters. The molecule has 0 radical (unpaired) electrons. The van der Waals surface area contributed by atoms with Crippen molar-refractivity contribution in [2.75, 3.05) is 105 Å². The number of hydrogen-bond acceptors (Lipinski definition) is 12. The highest BCUT2D eigenvalue weighted by Gasteiger charge is 2.17. The Kier molecular flexibility index (Phi) is 59.0. The molecule has 0 saturated heterocycles. The van der Waals surface area contributed by atoms with E-state index >= 15 is 0 Å². The van der Waals surface area contributed by atoms with E-state index in [2.05, 4.69) is 54.2 Å². The Morgan fingerprint density at radius 1 is 0.244 bits per heavy atom. The molecule has 462 valence electrons. The molecule has 0 aliphatic heterocycles. The van der Waals surface area contributed by atoms with E-state index in [4.69, 9.17) is 18.9 Å². The van der Waals surface area contributed by atoms with Gasteiger partial charge in [-0.2, -0.15) is 0 Å². The molecule has 0 aromatic carbocycles. The van der Waals surface area contributed by atoms with Crippen molar-refractivity contribution < 1.29 is 38.1 Å². The Morgan fingerprint density at radius 3 is 0.692 bits per heavy atom. The van der Waals surface area contributed by atoms with Gasteiger partial charge in [-0.25, -0.2) is 0 Å². The molecule has 0 fully saturated rings. The molecule has 12 heteroatoms. The zero-order valence-corrected chi connectivity index (χ0v) is 52.7. The molecule has 0 N–H and O–H groups in total. The molecular formula is C66H130N4O8. The van der Waals surface area contributed by atoms with Crippen LogP contribution in [0.5, 0.6) is 0 Å². The van der Waals surface area contributed by atoms with Gasteiger partial charge in [-0.05, 0) is 51.9 Å². The lowest BCUT2D eigenvalue weighted by molar-refractivity contribution is -0.145. The third-order valence-corrected chi connectivity index (χ3v) is 15.8. The summed E-state index contributed by atoms with van der Waals surface area (Å²) in [5.74, 6) is -0.714. The third-order valence-electron chi connectivity index (χ3n) is 15.8. The van der Waals surface area contributed by atoms with Gasteiger partial charge < -0.3 is 38.5 Å². The van der Waals surface area contributed by atoms with Crippen molar-refractivity contribution in [3.05, 3.63) is 0 Å². The van der Waals surface area contributed by atoms with Crippen LogP contribution in [-0.4, -0.2) is 149 Å². The molecule has 12 nitrogen and oxygen atoms in total. The van der Waals surface area contributed by atoms with E-state index in [0.29, 0.717) is 71.7 Å². The quantitative estimate of drug-likeness (QED) is 0.0328. The van der Waals surface area contributed by atoms with Gasteiger partial charge >= 0.3 is 23.9 Å². The summed E-state index contributed by atoms with van der Waals surface area (Å²) in [6.07, 6.45) is 48.2. The summed E-state index contributed by atoms with van der Waals surface area (Å²) >= 11 is 0. The topological polar surface area (TPSA) is 118 Å². The monoisotopic (exact) mass is 1110 g/mol. The first kappa shape index (κ1) is 75.7. The summed E-state index contributed by atoms with van der Waals surface area (Å²) in [5.41, 5.74) is 0. The van der Waals surface area contributed by atoms with Crippen LogP contribution in [0.3, 0.4) is 0 Å². The van der Waals surface area contributed by atoms with Crippen molar-refractivity contribution in [2.45, 2.75) is 298 Å². The minimum Gasteiger partial charge on any atom is -0.469 e. The van der Waals surface area contributed by atoms with E-state index in [-0.39, 0.29) is 23.9 Å². The van der Waals surface area contributed by atoms with Gasteiger partial charge in [0.1, 0.15) is 0 Å². The number of esters is 4. The summed E-state index contributed by atoms with van der Waals surface area (Å²) in [4.78, 5) is 60.0. The number of carbonyl (C=O) groups excluding carboxylic acids is 4. The summed E-state index contributed by atoms with van der Waals surface area (Å²) in [6.45, 7) is 21.8. The van der Waals surface area contributed by atoms with Crippen molar-refractivity contribution in [2.24, 2.45) is 0 Å². The molecule has 0 aromatic heterocycles. The van der Waals surface area contributed by atoms with E-state index in [9.17, 15) is 19.2 Å². The molecule has 78 heavy (non-hydrogen) atoms. The molecule has 0 aromatic rings. The second-order valence-electron chi connectivity index (χ2n) is 22.8. The SMILES string of the molecule is CCCCCCCCCCCCCCOC(=O)CCN(CCC(=O)OC)CCN(CC)CCCN(CC)CCN(CCC(=O)OCCCCCCCCCCCCCC)CCC(=O)OCCCCCCCCCCCCCC. The van der Waals surface area contributed by atoms with Crippen molar-refractivity contribution in [1.82, 2.24) is 19.6 Å². The van der Waals surface area contributed by atoms with E-state index in [1.165, 1.54) is 200 Å². The predicted molar refractivity (Wildman–Crippen MR) is 328 cm³/mol. The standard InChI is InChI=1S/C66H130N4O8/c1-7-12-15-18-21-24-27-30-33-36-39-42-60-76-64(72)47-53-69(52-46-63(71)75-6)58-56-67(10-4)50-45-51-68(11-5)57-59-70(54-48-65(73)77-61-43-40-37-34-31-28-25-22-19-16-13-8-2)55-49-66(74)78-62-44-41-38-35-32-29-26-23-20-17-14-9-3/h7-62H2,1-6H3. The molecule has 0 spiro atoms. The Bertz CT molecular complexity index is 1260. The van der Waals surface area contributed by atoms with Crippen LogP contribution >= 0.6 is 0 Å². The zero-order valence-electron chi connectivity index (χ0n) is 52.7. The van der Waals surface area contributed by atoms with Gasteiger partial charge in [0.15, 0.2) is 0 Å². The Balaban J connectivity index is 4.93. The van der Waals surface area contributed by atoms with E-state index in [0.717, 1.165) is 97.3 Å². The summed E-state index contributed by atoms with van der Waals surface area (Å²) in [6, 6.07) is 0. The molecule has 0 rings (SSSR count). The lowest BCUT2D eigenvalue weighted by atomic mass is 10.1. The van der Waals surface area contributed by atoms with Crippen LogP contribution in [0.15, 0.2) is 0 Å². The highest BCUT2D eigenvalue weighted by Crippen LogP contribution is 2.15. The number of rotatable bonds is 63. The number of carbonyl (C=O) groups is 4. The first-order valence-electron chi connectivity index (χ1n) is 33.7. The maximum atomic E-state index is 12.9. The largest absolute Gasteiger partial charge is 0.469 e. The fourth-order valence-corrected chi connectivity index (χ4v) is 10.3. The molecular weight excluding hydrogens is 977 g/mol. The van der Waals surface area contributed by atoms with Gasteiger partial charge in [0.2, 0.25) is 0 Å². The number of methoxy groups -OCH3 is 1. The summed E-state index contributed by atoms with van der Waals surface area (Å²) in [7, 11) is 1.42. The number of hydrogen-bond donors (Lipinski definition) is 0. The molecule has 0 bridgehead atoms. The minimum atomic E-state index is -0.241. The molecule has 0 saturated carbocycles. The average molecular weight is 1110 g/mol. The lowest BCUT2D eigenvalue weighted by Gasteiger charge is -2.29. The van der Waals surface area contributed by atoms with Crippen LogP contribution in [0.2, 0.25) is 0 Å². The van der Waals surface area contributed by atoms with Crippen molar-refractivity contribution in [3.8, 4) is 0 Å². The second-order valence-corrected chi connectivity index (χ2v) is 22.8. The normalized spacial score (nSPS) is 11.7. The van der Waals surface area contributed by atoms with E-state index in [1.807, 2.05) is 0 Å². The van der Waals surface area contributed by atoms with Crippen LogP contribution in [0.1, 0.15) is 298 Å². The Morgan fingerprint density at radius 2 is 0.462 bits per heavy atom. The number of unbranched alkanes of at least 4 members (excludes halogenated alkanes) is 33. The number of likely N-dealkylation sites (N-methyl/N-ethyl adjacent to an activating group) is 2. The highest BCUT2D eigenvalue weighted by atomic mass is 16.5. The Labute approximate surface area is 483 Å². The van der Waals surface area contributed by atoms with Crippen LogP contribution in [0, 0.1) is 0 Å². The fraction of sp³-hybridized carbons (Fsp3) is 0.939. The fourth-order valence-electron chi connectivity index (χ4n) is 10.3. The van der Waals surface area contributed by atoms with Gasteiger partial charge in [-0.1, -0.05) is 247 Å². The van der Waals surface area contributed by atoms with Crippen LogP contribution in [0.25, 0.3) is 0 Å². The number of nitrogens with zero attached hydrogens (tertiary/aromatic N) is 4. The van der Waals surface area contributed by atoms with Gasteiger partial charge in [0.05, 0.1) is 52.6 Å². The first-order valence-corrected chi connectivity index (χ1v) is 33.7. The molecule has 0 amide bonds. The van der Waals surface area contributed by atoms with Crippen LogP contribution < -0.4 is 0 Å². The zero-order chi connectivity index (χ0) is 57.0. The lowest BCUT2D eigenvalue weighted by Crippen LogP contribution is -2.40. The first-order chi connectivity index (χ1) is 38.2. The van der Waals surface area contributed by atoms with Gasteiger partial charge in [0.25, 0.3) is 0 Å². The molecule has 0 aliphatic carbocycles. The molecule has 0 atom stereocenters. The summed E-state index contributed by atoms with van der Waals surface area (Å²) in [5, 5.41) is 0. The van der Waals surface area contributed by atoms with Gasteiger partial charge in [-0.15, -0.1) is 0 Å². The van der Waals surface area contributed by atoms with Crippen LogP contribution in [0.4, 0.5) is 0 Å². The van der Waals surface area contributed by atoms with Crippen molar-refractivity contribution >= 4 is 23.9 Å². The number of ether oxygens (including phenoxy) is 4. The van der Waals surface area contributed by atoms with Gasteiger partial charge in [0, 0.05) is 52.4 Å². The minimum absolute atomic E-state index is 0.154. The smallest absolute Gasteiger partial charge is 0.307 e.